The predicted octanol–water partition coefficient (Wildman–Crippen LogP) is 1.81. The third-order valence-electron chi connectivity index (χ3n) is 2.44. The van der Waals surface area contributed by atoms with E-state index in [1.807, 2.05) is 30.3 Å². The van der Waals surface area contributed by atoms with Gasteiger partial charge >= 0.3 is 5.76 Å². The van der Waals surface area contributed by atoms with Crippen LogP contribution >= 0.6 is 11.6 Å². The molecule has 4 nitrogen and oxygen atoms in total. The van der Waals surface area contributed by atoms with E-state index in [1.54, 1.807) is 0 Å². The van der Waals surface area contributed by atoms with Crippen molar-refractivity contribution in [2.75, 3.05) is 0 Å². The van der Waals surface area contributed by atoms with Crippen molar-refractivity contribution in [1.29, 1.82) is 0 Å². The lowest BCUT2D eigenvalue weighted by atomic mass is 10.2. The molecule has 0 saturated heterocycles. The van der Waals surface area contributed by atoms with Gasteiger partial charge in [0.2, 0.25) is 5.22 Å². The Balaban J connectivity index is 2.51. The summed E-state index contributed by atoms with van der Waals surface area (Å²) in [5.74, 6) is -0.741. The molecule has 0 bridgehead atoms. The van der Waals surface area contributed by atoms with Crippen LogP contribution in [0.5, 0.6) is 0 Å². The number of rotatable bonds is 2. The van der Waals surface area contributed by atoms with Crippen LogP contribution in [-0.2, 0) is 6.54 Å². The van der Waals surface area contributed by atoms with Gasteiger partial charge in [-0.1, -0.05) is 30.3 Å². The Morgan fingerprint density at radius 3 is 2.53 bits per heavy atom. The largest absolute Gasteiger partial charge is 0.423 e. The van der Waals surface area contributed by atoms with E-state index in [9.17, 15) is 9.59 Å². The summed E-state index contributed by atoms with van der Waals surface area (Å²) >= 11 is 5.61. The number of benzene rings is 1. The molecule has 17 heavy (non-hydrogen) atoms. The van der Waals surface area contributed by atoms with Crippen molar-refractivity contribution >= 4 is 11.6 Å². The van der Waals surface area contributed by atoms with Gasteiger partial charge in [-0.25, -0.2) is 9.36 Å². The van der Waals surface area contributed by atoms with E-state index in [4.69, 9.17) is 16.0 Å². The van der Waals surface area contributed by atoms with Crippen LogP contribution in [0.15, 0.2) is 44.3 Å². The van der Waals surface area contributed by atoms with E-state index in [1.165, 1.54) is 6.92 Å². The maximum atomic E-state index is 11.8. The van der Waals surface area contributed by atoms with Crippen LogP contribution in [0.25, 0.3) is 0 Å². The quantitative estimate of drug-likeness (QED) is 0.818. The molecule has 0 spiro atoms. The second-order valence-electron chi connectivity index (χ2n) is 3.64. The summed E-state index contributed by atoms with van der Waals surface area (Å²) in [5.41, 5.74) is 0.668. The fourth-order valence-electron chi connectivity index (χ4n) is 1.48. The molecule has 0 amide bonds. The fraction of sp³-hybridized carbons (Fsp3) is 0.167. The average molecular weight is 252 g/mol. The van der Waals surface area contributed by atoms with Crippen LogP contribution in [0.4, 0.5) is 0 Å². The van der Waals surface area contributed by atoms with Gasteiger partial charge in [-0.3, -0.25) is 4.79 Å². The van der Waals surface area contributed by atoms with Gasteiger partial charge in [0.05, 0.1) is 12.1 Å². The molecule has 0 aliphatic heterocycles. The number of hydrogen-bond acceptors (Lipinski definition) is 3. The number of nitrogens with zero attached hydrogens (tertiary/aromatic N) is 1. The van der Waals surface area contributed by atoms with Crippen molar-refractivity contribution in [2.24, 2.45) is 0 Å². The Kier molecular flexibility index (Phi) is 3.15. The molecule has 0 radical (unpaired) electrons. The van der Waals surface area contributed by atoms with Gasteiger partial charge in [0.1, 0.15) is 0 Å². The number of hydrogen-bond donors (Lipinski definition) is 0. The summed E-state index contributed by atoms with van der Waals surface area (Å²) in [7, 11) is 0. The molecule has 0 saturated carbocycles. The number of aromatic nitrogens is 1. The standard InChI is InChI=1S/C12H10ClNO3/c1-8-10(13)17-12(16)14(11(8)15)7-9-5-3-2-4-6-9/h2-6H,7H2,1H3. The Morgan fingerprint density at radius 1 is 1.24 bits per heavy atom. The molecule has 0 unspecified atom stereocenters. The van der Waals surface area contributed by atoms with Crippen LogP contribution in [0.1, 0.15) is 11.1 Å². The number of halogens is 1. The van der Waals surface area contributed by atoms with E-state index in [0.29, 0.717) is 0 Å². The smallest absolute Gasteiger partial charge is 0.397 e. The molecule has 2 rings (SSSR count). The molecule has 88 valence electrons. The van der Waals surface area contributed by atoms with Crippen molar-refractivity contribution < 1.29 is 4.42 Å². The first-order valence-electron chi connectivity index (χ1n) is 5.03. The molecule has 2 aromatic rings. The normalized spacial score (nSPS) is 10.5. The maximum absolute atomic E-state index is 11.8. The first kappa shape index (κ1) is 11.7. The zero-order valence-electron chi connectivity index (χ0n) is 9.14. The highest BCUT2D eigenvalue weighted by molar-refractivity contribution is 6.29. The summed E-state index contributed by atoms with van der Waals surface area (Å²) in [6.45, 7) is 1.70. The van der Waals surface area contributed by atoms with Crippen molar-refractivity contribution in [1.82, 2.24) is 4.57 Å². The van der Waals surface area contributed by atoms with Gasteiger partial charge < -0.3 is 4.42 Å². The Hall–Kier alpha value is -1.81. The first-order chi connectivity index (χ1) is 8.09. The van der Waals surface area contributed by atoms with E-state index in [-0.39, 0.29) is 17.3 Å². The highest BCUT2D eigenvalue weighted by Crippen LogP contribution is 2.07. The van der Waals surface area contributed by atoms with Gasteiger partial charge in [-0.2, -0.15) is 0 Å². The highest BCUT2D eigenvalue weighted by atomic mass is 35.5. The van der Waals surface area contributed by atoms with Crippen LogP contribution in [-0.4, -0.2) is 4.57 Å². The molecule has 0 aliphatic carbocycles. The van der Waals surface area contributed by atoms with Gasteiger partial charge in [0.15, 0.2) is 0 Å². The molecule has 5 heteroatoms. The van der Waals surface area contributed by atoms with Crippen molar-refractivity contribution in [3.05, 3.63) is 67.6 Å². The molecule has 1 aromatic heterocycles. The maximum Gasteiger partial charge on any atom is 0.423 e. The topological polar surface area (TPSA) is 52.2 Å². The molecule has 1 aromatic carbocycles. The summed E-state index contributed by atoms with van der Waals surface area (Å²) in [6, 6.07) is 9.20. The third-order valence-corrected chi connectivity index (χ3v) is 2.80. The van der Waals surface area contributed by atoms with Crippen LogP contribution < -0.4 is 11.3 Å². The Morgan fingerprint density at radius 2 is 1.88 bits per heavy atom. The van der Waals surface area contributed by atoms with E-state index >= 15 is 0 Å². The lowest BCUT2D eigenvalue weighted by Crippen LogP contribution is -2.34. The van der Waals surface area contributed by atoms with Gasteiger partial charge in [0.25, 0.3) is 5.56 Å². The minimum absolute atomic E-state index is 0.149. The van der Waals surface area contributed by atoms with Crippen LogP contribution in [0.3, 0.4) is 0 Å². The lowest BCUT2D eigenvalue weighted by molar-refractivity contribution is 0.428. The second-order valence-corrected chi connectivity index (χ2v) is 3.99. The fourth-order valence-corrected chi connectivity index (χ4v) is 1.63. The van der Waals surface area contributed by atoms with E-state index in [2.05, 4.69) is 0 Å². The minimum atomic E-state index is -0.741. The average Bonchev–Trinajstić information content (AvgIpc) is 2.33. The van der Waals surface area contributed by atoms with Crippen LogP contribution in [0.2, 0.25) is 5.22 Å². The Bertz CT molecular complexity index is 643. The summed E-state index contributed by atoms with van der Waals surface area (Å²) in [5, 5.41) is -0.149. The predicted molar refractivity (Wildman–Crippen MR) is 64.5 cm³/mol. The van der Waals surface area contributed by atoms with Gasteiger partial charge in [-0.05, 0) is 24.1 Å². The van der Waals surface area contributed by atoms with E-state index < -0.39 is 11.3 Å². The molecule has 0 fully saturated rings. The van der Waals surface area contributed by atoms with Gasteiger partial charge in [-0.15, -0.1) is 0 Å². The summed E-state index contributed by atoms with van der Waals surface area (Å²) in [6.07, 6.45) is 0. The monoisotopic (exact) mass is 251 g/mol. The first-order valence-corrected chi connectivity index (χ1v) is 5.41. The molecular weight excluding hydrogens is 242 g/mol. The third kappa shape index (κ3) is 2.31. The SMILES string of the molecule is Cc1c(Cl)oc(=O)n(Cc2ccccc2)c1=O. The van der Waals surface area contributed by atoms with Crippen molar-refractivity contribution in [2.45, 2.75) is 13.5 Å². The van der Waals surface area contributed by atoms with E-state index in [0.717, 1.165) is 10.1 Å². The summed E-state index contributed by atoms with van der Waals surface area (Å²) in [4.78, 5) is 23.4. The van der Waals surface area contributed by atoms with Crippen molar-refractivity contribution in [3.8, 4) is 0 Å². The zero-order valence-corrected chi connectivity index (χ0v) is 9.90. The van der Waals surface area contributed by atoms with Crippen molar-refractivity contribution in [3.63, 3.8) is 0 Å². The minimum Gasteiger partial charge on any atom is -0.397 e. The lowest BCUT2D eigenvalue weighted by Gasteiger charge is -2.05. The van der Waals surface area contributed by atoms with Gasteiger partial charge in [0, 0.05) is 0 Å². The molecule has 0 aliphatic rings. The Labute approximate surface area is 102 Å². The highest BCUT2D eigenvalue weighted by Gasteiger charge is 2.11. The molecular formula is C12H10ClNO3. The second kappa shape index (κ2) is 4.59. The van der Waals surface area contributed by atoms with Crippen LogP contribution in [0, 0.1) is 6.92 Å². The molecule has 1 heterocycles. The molecule has 0 N–H and O–H groups in total. The molecule has 0 atom stereocenters. The summed E-state index contributed by atoms with van der Waals surface area (Å²) < 4.78 is 5.79. The zero-order chi connectivity index (χ0) is 12.4.